The number of aromatic nitrogens is 1. The zero-order chi connectivity index (χ0) is 26.3. The molecule has 206 valence electrons. The van der Waals surface area contributed by atoms with Crippen LogP contribution in [0.5, 0.6) is 0 Å². The standard InChI is InChI=1S/C31H42FN3O3/c32-24-13-15-27(22-8-3-1-4-9-22)28(20-24)29(31(36)37)35-18-16-26(21-35)38-19-6-2-5-11-25-14-12-23-10-7-17-33-30(23)34-25/h12-15,20,22,26,29H,1-11,16-19,21H2,(H,33,34)(H,36,37)/t26-,29-/m1/s1. The number of nitrogens with one attached hydrogen (secondary N) is 1. The number of nitrogens with zero attached hydrogens (tertiary/aromatic N) is 2. The number of hydrogen-bond acceptors (Lipinski definition) is 5. The number of likely N-dealkylation sites (tertiary alicyclic amines) is 1. The van der Waals surface area contributed by atoms with E-state index in [0.29, 0.717) is 31.2 Å². The van der Waals surface area contributed by atoms with Gasteiger partial charge in [-0.15, -0.1) is 0 Å². The molecule has 2 N–H and O–H groups in total. The van der Waals surface area contributed by atoms with Crippen molar-refractivity contribution in [2.45, 2.75) is 95.1 Å². The molecule has 0 amide bonds. The molecule has 1 aromatic carbocycles. The van der Waals surface area contributed by atoms with Crippen molar-refractivity contribution in [3.63, 3.8) is 0 Å². The first-order valence-electron chi connectivity index (χ1n) is 14.7. The van der Waals surface area contributed by atoms with Crippen LogP contribution in [0.3, 0.4) is 0 Å². The van der Waals surface area contributed by atoms with Crippen molar-refractivity contribution in [2.24, 2.45) is 0 Å². The summed E-state index contributed by atoms with van der Waals surface area (Å²) in [6.07, 6.45) is 12.9. The fourth-order valence-electron chi connectivity index (χ4n) is 6.52. The van der Waals surface area contributed by atoms with Gasteiger partial charge in [0.1, 0.15) is 17.7 Å². The first-order chi connectivity index (χ1) is 18.6. The Bertz CT molecular complexity index is 1090. The lowest BCUT2D eigenvalue weighted by molar-refractivity contribution is -0.143. The van der Waals surface area contributed by atoms with Gasteiger partial charge in [-0.05, 0) is 92.2 Å². The second kappa shape index (κ2) is 13.0. The molecular formula is C31H42FN3O3. The number of aliphatic carboxylic acids is 1. The summed E-state index contributed by atoms with van der Waals surface area (Å²) in [6.45, 7) is 2.92. The highest BCUT2D eigenvalue weighted by atomic mass is 19.1. The summed E-state index contributed by atoms with van der Waals surface area (Å²) in [5, 5.41) is 13.6. The van der Waals surface area contributed by atoms with Crippen LogP contribution in [0.15, 0.2) is 30.3 Å². The predicted octanol–water partition coefficient (Wildman–Crippen LogP) is 6.26. The molecule has 7 heteroatoms. The molecule has 0 unspecified atom stereocenters. The van der Waals surface area contributed by atoms with Gasteiger partial charge in [0.25, 0.3) is 0 Å². The molecule has 1 aliphatic carbocycles. The molecule has 1 aromatic heterocycles. The zero-order valence-electron chi connectivity index (χ0n) is 22.5. The van der Waals surface area contributed by atoms with Gasteiger partial charge in [-0.3, -0.25) is 9.69 Å². The minimum atomic E-state index is -0.903. The number of rotatable bonds is 11. The maximum Gasteiger partial charge on any atom is 0.325 e. The highest BCUT2D eigenvalue weighted by Crippen LogP contribution is 2.39. The Balaban J connectivity index is 1.09. The van der Waals surface area contributed by atoms with E-state index >= 15 is 0 Å². The van der Waals surface area contributed by atoms with Crippen LogP contribution in [0.2, 0.25) is 0 Å². The molecule has 0 radical (unpaired) electrons. The largest absolute Gasteiger partial charge is 0.480 e. The third kappa shape index (κ3) is 6.73. The third-order valence-corrected chi connectivity index (χ3v) is 8.55. The van der Waals surface area contributed by atoms with E-state index in [9.17, 15) is 14.3 Å². The number of carbonyl (C=O) groups is 1. The van der Waals surface area contributed by atoms with Crippen LogP contribution in [-0.2, 0) is 22.4 Å². The fraction of sp³-hybridized carbons (Fsp3) is 0.613. The molecule has 3 aliphatic rings. The Hall–Kier alpha value is -2.51. The number of halogens is 1. The van der Waals surface area contributed by atoms with Crippen LogP contribution in [0, 0.1) is 5.82 Å². The molecule has 1 saturated carbocycles. The molecule has 5 rings (SSSR count). The van der Waals surface area contributed by atoms with E-state index in [1.54, 1.807) is 0 Å². The highest BCUT2D eigenvalue weighted by Gasteiger charge is 2.36. The topological polar surface area (TPSA) is 74.7 Å². The minimum Gasteiger partial charge on any atom is -0.480 e. The predicted molar refractivity (Wildman–Crippen MR) is 147 cm³/mol. The maximum absolute atomic E-state index is 14.3. The van der Waals surface area contributed by atoms with Gasteiger partial charge in [0.15, 0.2) is 0 Å². The van der Waals surface area contributed by atoms with Gasteiger partial charge in [-0.25, -0.2) is 9.37 Å². The number of carboxylic acid groups (broad SMARTS) is 1. The molecule has 38 heavy (non-hydrogen) atoms. The Morgan fingerprint density at radius 2 is 1.97 bits per heavy atom. The summed E-state index contributed by atoms with van der Waals surface area (Å²) < 4.78 is 20.5. The van der Waals surface area contributed by atoms with Crippen LogP contribution in [-0.4, -0.2) is 53.3 Å². The smallest absolute Gasteiger partial charge is 0.325 e. The Labute approximate surface area is 226 Å². The molecule has 2 atom stereocenters. The van der Waals surface area contributed by atoms with E-state index in [-0.39, 0.29) is 11.9 Å². The Morgan fingerprint density at radius 1 is 1.11 bits per heavy atom. The van der Waals surface area contributed by atoms with Crippen LogP contribution in [0.4, 0.5) is 10.2 Å². The summed E-state index contributed by atoms with van der Waals surface area (Å²) in [4.78, 5) is 19.2. The number of hydrogen-bond donors (Lipinski definition) is 2. The number of carboxylic acids is 1. The van der Waals surface area contributed by atoms with Gasteiger partial charge in [0.2, 0.25) is 0 Å². The summed E-state index contributed by atoms with van der Waals surface area (Å²) in [6, 6.07) is 8.33. The molecular weight excluding hydrogens is 481 g/mol. The number of aryl methyl sites for hydroxylation is 2. The van der Waals surface area contributed by atoms with Crippen LogP contribution in [0.25, 0.3) is 0 Å². The zero-order valence-corrected chi connectivity index (χ0v) is 22.5. The molecule has 2 fully saturated rings. The van der Waals surface area contributed by atoms with E-state index in [1.165, 1.54) is 30.5 Å². The number of pyridine rings is 1. The molecule has 2 aliphatic heterocycles. The fourth-order valence-corrected chi connectivity index (χ4v) is 6.52. The lowest BCUT2D eigenvalue weighted by Gasteiger charge is -2.30. The Kier molecular flexibility index (Phi) is 9.28. The molecule has 1 saturated heterocycles. The van der Waals surface area contributed by atoms with Gasteiger partial charge >= 0.3 is 5.97 Å². The van der Waals surface area contributed by atoms with Gasteiger partial charge in [-0.1, -0.05) is 37.8 Å². The van der Waals surface area contributed by atoms with Crippen molar-refractivity contribution in [2.75, 3.05) is 31.6 Å². The van der Waals surface area contributed by atoms with Gasteiger partial charge < -0.3 is 15.2 Å². The van der Waals surface area contributed by atoms with Crippen molar-refractivity contribution in [1.29, 1.82) is 0 Å². The Morgan fingerprint density at radius 3 is 2.82 bits per heavy atom. The van der Waals surface area contributed by atoms with E-state index in [4.69, 9.17) is 9.72 Å². The summed E-state index contributed by atoms with van der Waals surface area (Å²) in [5.74, 6) is 0.120. The van der Waals surface area contributed by atoms with Gasteiger partial charge in [0, 0.05) is 31.9 Å². The van der Waals surface area contributed by atoms with Gasteiger partial charge in [-0.2, -0.15) is 0 Å². The highest BCUT2D eigenvalue weighted by molar-refractivity contribution is 5.76. The lowest BCUT2D eigenvalue weighted by Crippen LogP contribution is -2.34. The number of unbranched alkanes of at least 4 members (excludes halogenated alkanes) is 2. The third-order valence-electron chi connectivity index (χ3n) is 8.55. The van der Waals surface area contributed by atoms with Crippen molar-refractivity contribution in [3.05, 3.63) is 58.5 Å². The second-order valence-electron chi connectivity index (χ2n) is 11.3. The summed E-state index contributed by atoms with van der Waals surface area (Å²) in [5.41, 5.74) is 4.13. The normalized spacial score (nSPS) is 21.1. The first-order valence-corrected chi connectivity index (χ1v) is 14.7. The SMILES string of the molecule is O=C(O)[C@@H](c1cc(F)ccc1C1CCCCC1)N1CC[C@@H](OCCCCCc2ccc3c(n2)NCCC3)C1. The quantitative estimate of drug-likeness (QED) is 0.339. The van der Waals surface area contributed by atoms with E-state index in [0.717, 1.165) is 87.8 Å². The van der Waals surface area contributed by atoms with Crippen molar-refractivity contribution in [3.8, 4) is 0 Å². The maximum atomic E-state index is 14.3. The molecule has 0 spiro atoms. The molecule has 6 nitrogen and oxygen atoms in total. The number of benzene rings is 1. The van der Waals surface area contributed by atoms with E-state index in [1.807, 2.05) is 11.0 Å². The van der Waals surface area contributed by atoms with Crippen molar-refractivity contribution in [1.82, 2.24) is 9.88 Å². The number of fused-ring (bicyclic) bond motifs is 1. The number of anilines is 1. The summed E-state index contributed by atoms with van der Waals surface area (Å²) in [7, 11) is 0. The van der Waals surface area contributed by atoms with Crippen LogP contribution < -0.4 is 5.32 Å². The lowest BCUT2D eigenvalue weighted by atomic mass is 9.80. The molecule has 2 aromatic rings. The first kappa shape index (κ1) is 27.1. The average molecular weight is 524 g/mol. The van der Waals surface area contributed by atoms with Crippen molar-refractivity contribution < 1.29 is 19.0 Å². The second-order valence-corrected chi connectivity index (χ2v) is 11.3. The average Bonchev–Trinajstić information content (AvgIpc) is 3.39. The van der Waals surface area contributed by atoms with Gasteiger partial charge in [0.05, 0.1) is 6.10 Å². The monoisotopic (exact) mass is 523 g/mol. The van der Waals surface area contributed by atoms with Crippen LogP contribution >= 0.6 is 0 Å². The van der Waals surface area contributed by atoms with E-state index in [2.05, 4.69) is 17.4 Å². The minimum absolute atomic E-state index is 0.0249. The van der Waals surface area contributed by atoms with E-state index < -0.39 is 12.0 Å². The van der Waals surface area contributed by atoms with Crippen molar-refractivity contribution >= 4 is 11.8 Å². The molecule has 3 heterocycles. The van der Waals surface area contributed by atoms with Crippen LogP contribution in [0.1, 0.15) is 98.6 Å². The number of ether oxygens (including phenoxy) is 1. The summed E-state index contributed by atoms with van der Waals surface area (Å²) >= 11 is 0. The molecule has 0 bridgehead atoms.